The Bertz CT molecular complexity index is 126. The monoisotopic (exact) mass is 179 g/mol. The van der Waals surface area contributed by atoms with E-state index >= 15 is 0 Å². The van der Waals surface area contributed by atoms with Crippen LogP contribution in [0.15, 0.2) is 0 Å². The van der Waals surface area contributed by atoms with E-state index in [0.29, 0.717) is 13.2 Å². The molecule has 0 bridgehead atoms. The smallest absolute Gasteiger partial charge is 0.253 e. The minimum absolute atomic E-state index is 0.211. The van der Waals surface area contributed by atoms with Crippen LogP contribution in [-0.2, 0) is 4.74 Å². The van der Waals surface area contributed by atoms with Gasteiger partial charge in [0.05, 0.1) is 6.04 Å². The minimum atomic E-state index is -2.27. The molecule has 72 valence electrons. The van der Waals surface area contributed by atoms with Gasteiger partial charge in [0.2, 0.25) is 0 Å². The third kappa shape index (κ3) is 3.03. The van der Waals surface area contributed by atoms with Crippen molar-refractivity contribution in [3.05, 3.63) is 0 Å². The molecule has 1 heterocycles. The van der Waals surface area contributed by atoms with Crippen molar-refractivity contribution in [1.82, 2.24) is 5.32 Å². The Balaban J connectivity index is 2.20. The van der Waals surface area contributed by atoms with Crippen molar-refractivity contribution < 1.29 is 13.5 Å². The Hall–Kier alpha value is -0.220. The van der Waals surface area contributed by atoms with Gasteiger partial charge in [-0.2, -0.15) is 0 Å². The van der Waals surface area contributed by atoms with Gasteiger partial charge in [-0.15, -0.1) is 0 Å². The molecule has 1 aliphatic heterocycles. The molecule has 4 heteroatoms. The van der Waals surface area contributed by atoms with Crippen LogP contribution in [0.25, 0.3) is 0 Å². The molecule has 0 amide bonds. The van der Waals surface area contributed by atoms with Gasteiger partial charge in [-0.25, -0.2) is 8.78 Å². The Labute approximate surface area is 71.3 Å². The summed E-state index contributed by atoms with van der Waals surface area (Å²) in [6.45, 7) is 2.89. The predicted molar refractivity (Wildman–Crippen MR) is 42.4 cm³/mol. The first-order chi connectivity index (χ1) is 5.70. The van der Waals surface area contributed by atoms with Gasteiger partial charge in [-0.1, -0.05) is 0 Å². The highest BCUT2D eigenvalue weighted by molar-refractivity contribution is 4.74. The molecule has 0 aliphatic carbocycles. The maximum atomic E-state index is 12.1. The average Bonchev–Trinajstić information content (AvgIpc) is 2.06. The highest BCUT2D eigenvalue weighted by Crippen LogP contribution is 2.09. The van der Waals surface area contributed by atoms with Crippen molar-refractivity contribution >= 4 is 0 Å². The Morgan fingerprint density at radius 3 is 2.42 bits per heavy atom. The van der Waals surface area contributed by atoms with Crippen LogP contribution in [0, 0.1) is 0 Å². The number of rotatable bonds is 3. The van der Waals surface area contributed by atoms with E-state index in [2.05, 4.69) is 5.32 Å². The fraction of sp³-hybridized carbons (Fsp3) is 1.00. The van der Waals surface area contributed by atoms with Crippen molar-refractivity contribution in [3.8, 4) is 0 Å². The first kappa shape index (κ1) is 9.86. The summed E-state index contributed by atoms with van der Waals surface area (Å²) in [5.74, 6) is 0. The SMILES string of the molecule is CC(NC1CCOCC1)C(F)F. The van der Waals surface area contributed by atoms with Gasteiger partial charge in [0, 0.05) is 19.3 Å². The largest absolute Gasteiger partial charge is 0.381 e. The Morgan fingerprint density at radius 2 is 1.92 bits per heavy atom. The van der Waals surface area contributed by atoms with Crippen LogP contribution in [-0.4, -0.2) is 31.7 Å². The van der Waals surface area contributed by atoms with Crippen LogP contribution in [0.3, 0.4) is 0 Å². The van der Waals surface area contributed by atoms with Gasteiger partial charge in [0.1, 0.15) is 0 Å². The molecule has 0 spiro atoms. The molecule has 0 saturated carbocycles. The van der Waals surface area contributed by atoms with E-state index in [1.54, 1.807) is 0 Å². The fourth-order valence-electron chi connectivity index (χ4n) is 1.31. The summed E-state index contributed by atoms with van der Waals surface area (Å²) in [6, 6.07) is -0.490. The normalized spacial score (nSPS) is 23.0. The quantitative estimate of drug-likeness (QED) is 0.707. The molecule has 0 radical (unpaired) electrons. The number of hydrogen-bond donors (Lipinski definition) is 1. The van der Waals surface area contributed by atoms with Gasteiger partial charge in [-0.3, -0.25) is 0 Å². The van der Waals surface area contributed by atoms with Crippen LogP contribution in [0.1, 0.15) is 19.8 Å². The zero-order valence-electron chi connectivity index (χ0n) is 7.22. The van der Waals surface area contributed by atoms with Gasteiger partial charge >= 0.3 is 0 Å². The topological polar surface area (TPSA) is 21.3 Å². The summed E-state index contributed by atoms with van der Waals surface area (Å²) in [5, 5.41) is 2.89. The fourth-order valence-corrected chi connectivity index (χ4v) is 1.31. The summed E-state index contributed by atoms with van der Waals surface area (Å²) in [7, 11) is 0. The summed E-state index contributed by atoms with van der Waals surface area (Å²) in [5.41, 5.74) is 0. The lowest BCUT2D eigenvalue weighted by Gasteiger charge is -2.26. The molecule has 1 atom stereocenters. The van der Waals surface area contributed by atoms with Crippen molar-refractivity contribution in [2.24, 2.45) is 0 Å². The average molecular weight is 179 g/mol. The molecular weight excluding hydrogens is 164 g/mol. The second-order valence-electron chi connectivity index (χ2n) is 3.18. The zero-order valence-corrected chi connectivity index (χ0v) is 7.22. The van der Waals surface area contributed by atoms with Crippen LogP contribution >= 0.6 is 0 Å². The Kier molecular flexibility index (Phi) is 3.88. The number of halogens is 2. The summed E-state index contributed by atoms with van der Waals surface area (Å²) < 4.78 is 29.3. The molecule has 1 fully saturated rings. The molecule has 0 aromatic rings. The summed E-state index contributed by atoms with van der Waals surface area (Å²) in [4.78, 5) is 0. The molecule has 0 aromatic carbocycles. The third-order valence-electron chi connectivity index (χ3n) is 2.10. The zero-order chi connectivity index (χ0) is 8.97. The summed E-state index contributed by atoms with van der Waals surface area (Å²) in [6.07, 6.45) is -0.582. The molecule has 1 N–H and O–H groups in total. The van der Waals surface area contributed by atoms with E-state index < -0.39 is 12.5 Å². The van der Waals surface area contributed by atoms with E-state index in [4.69, 9.17) is 4.74 Å². The lowest BCUT2D eigenvalue weighted by Crippen LogP contribution is -2.43. The van der Waals surface area contributed by atoms with Crippen molar-refractivity contribution in [1.29, 1.82) is 0 Å². The number of nitrogens with one attached hydrogen (secondary N) is 1. The predicted octanol–water partition coefficient (Wildman–Crippen LogP) is 1.41. The molecule has 1 saturated heterocycles. The second kappa shape index (κ2) is 4.72. The summed E-state index contributed by atoms with van der Waals surface area (Å²) >= 11 is 0. The molecule has 12 heavy (non-hydrogen) atoms. The lowest BCUT2D eigenvalue weighted by molar-refractivity contribution is 0.0551. The standard InChI is InChI=1S/C8H15F2NO/c1-6(8(9)10)11-7-2-4-12-5-3-7/h6-8,11H,2-5H2,1H3. The Morgan fingerprint density at radius 1 is 1.33 bits per heavy atom. The molecule has 1 aliphatic rings. The molecule has 1 unspecified atom stereocenters. The minimum Gasteiger partial charge on any atom is -0.381 e. The first-order valence-corrected chi connectivity index (χ1v) is 4.32. The maximum absolute atomic E-state index is 12.1. The number of alkyl halides is 2. The molecular formula is C8H15F2NO. The number of ether oxygens (including phenoxy) is 1. The number of hydrogen-bond acceptors (Lipinski definition) is 2. The van der Waals surface area contributed by atoms with E-state index in [1.807, 2.05) is 0 Å². The molecule has 1 rings (SSSR count). The van der Waals surface area contributed by atoms with Crippen LogP contribution in [0.5, 0.6) is 0 Å². The third-order valence-corrected chi connectivity index (χ3v) is 2.10. The van der Waals surface area contributed by atoms with Crippen LogP contribution in [0.2, 0.25) is 0 Å². The van der Waals surface area contributed by atoms with Crippen LogP contribution in [0.4, 0.5) is 8.78 Å². The van der Waals surface area contributed by atoms with Crippen molar-refractivity contribution in [2.45, 2.75) is 38.3 Å². The second-order valence-corrected chi connectivity index (χ2v) is 3.18. The lowest BCUT2D eigenvalue weighted by atomic mass is 10.1. The van der Waals surface area contributed by atoms with Crippen molar-refractivity contribution in [3.63, 3.8) is 0 Å². The van der Waals surface area contributed by atoms with E-state index in [9.17, 15) is 8.78 Å². The maximum Gasteiger partial charge on any atom is 0.253 e. The van der Waals surface area contributed by atoms with E-state index in [0.717, 1.165) is 12.8 Å². The van der Waals surface area contributed by atoms with Gasteiger partial charge in [0.15, 0.2) is 0 Å². The van der Waals surface area contributed by atoms with Crippen molar-refractivity contribution in [2.75, 3.05) is 13.2 Å². The molecule has 2 nitrogen and oxygen atoms in total. The van der Waals surface area contributed by atoms with E-state index in [1.165, 1.54) is 6.92 Å². The highest BCUT2D eigenvalue weighted by Gasteiger charge is 2.20. The van der Waals surface area contributed by atoms with E-state index in [-0.39, 0.29) is 6.04 Å². The molecule has 0 aromatic heterocycles. The van der Waals surface area contributed by atoms with Gasteiger partial charge < -0.3 is 10.1 Å². The van der Waals surface area contributed by atoms with Gasteiger partial charge in [0.25, 0.3) is 6.43 Å². The van der Waals surface area contributed by atoms with Gasteiger partial charge in [-0.05, 0) is 19.8 Å². The highest BCUT2D eigenvalue weighted by atomic mass is 19.3. The van der Waals surface area contributed by atoms with Crippen LogP contribution < -0.4 is 5.32 Å². The first-order valence-electron chi connectivity index (χ1n) is 4.32.